The van der Waals surface area contributed by atoms with Crippen LogP contribution in [0.15, 0.2) is 18.6 Å². The molecule has 1 unspecified atom stereocenters. The van der Waals surface area contributed by atoms with Crippen molar-refractivity contribution >= 4 is 11.6 Å². The second-order valence-corrected chi connectivity index (χ2v) is 3.56. The van der Waals surface area contributed by atoms with Crippen LogP contribution >= 0.6 is 11.6 Å². The molecule has 16 heavy (non-hydrogen) atoms. The highest BCUT2D eigenvalue weighted by atomic mass is 35.5. The number of nitrogens with zero attached hydrogens (tertiary/aromatic N) is 6. The minimum Gasteiger partial charge on any atom is -0.487 e. The Kier molecular flexibility index (Phi) is 3.25. The van der Waals surface area contributed by atoms with Crippen molar-refractivity contribution < 1.29 is 4.74 Å². The van der Waals surface area contributed by atoms with Gasteiger partial charge >= 0.3 is 0 Å². The van der Waals surface area contributed by atoms with Crippen molar-refractivity contribution in [1.29, 1.82) is 0 Å². The van der Waals surface area contributed by atoms with Gasteiger partial charge in [-0.25, -0.2) is 4.68 Å². The molecule has 84 valence electrons. The summed E-state index contributed by atoms with van der Waals surface area (Å²) >= 11 is 5.68. The molecule has 0 saturated heterocycles. The molecule has 0 radical (unpaired) electrons. The highest BCUT2D eigenvalue weighted by Crippen LogP contribution is 2.14. The molecule has 8 heteroatoms. The van der Waals surface area contributed by atoms with Gasteiger partial charge in [-0.05, 0) is 17.4 Å². The maximum atomic E-state index is 5.68. The normalized spacial score (nSPS) is 12.4. The van der Waals surface area contributed by atoms with Gasteiger partial charge in [-0.2, -0.15) is 5.10 Å². The molecule has 0 N–H and O–H groups in total. The first kappa shape index (κ1) is 10.7. The first-order valence-corrected chi connectivity index (χ1v) is 4.97. The summed E-state index contributed by atoms with van der Waals surface area (Å²) in [6, 6.07) is 1.60. The van der Waals surface area contributed by atoms with E-state index in [0.717, 1.165) is 0 Å². The van der Waals surface area contributed by atoms with E-state index < -0.39 is 0 Å². The van der Waals surface area contributed by atoms with Crippen molar-refractivity contribution in [1.82, 2.24) is 30.4 Å². The molecule has 2 heterocycles. The molecule has 0 spiro atoms. The molecular weight excluding hydrogens is 232 g/mol. The molecule has 0 saturated carbocycles. The van der Waals surface area contributed by atoms with Crippen molar-refractivity contribution in [3.05, 3.63) is 23.7 Å². The summed E-state index contributed by atoms with van der Waals surface area (Å²) in [5, 5.41) is 18.4. The molecule has 2 aromatic heterocycles. The average Bonchev–Trinajstić information content (AvgIpc) is 2.70. The quantitative estimate of drug-likeness (QED) is 0.778. The first-order valence-electron chi connectivity index (χ1n) is 4.59. The van der Waals surface area contributed by atoms with Crippen LogP contribution in [0.1, 0.15) is 6.92 Å². The standard InChI is InChI=1S/C8H9ClN6O/c1-6(4-15-5-11-13-14-15)16-7-2-8(9)12-10-3-7/h2-3,5-6H,4H2,1H3. The Morgan fingerprint density at radius 3 is 3.06 bits per heavy atom. The van der Waals surface area contributed by atoms with E-state index in [-0.39, 0.29) is 6.10 Å². The fourth-order valence-corrected chi connectivity index (χ4v) is 1.34. The molecule has 0 aliphatic carbocycles. The second kappa shape index (κ2) is 4.84. The molecule has 1 atom stereocenters. The molecule has 2 rings (SSSR count). The SMILES string of the molecule is CC(Cn1cnnn1)Oc1cnnc(Cl)c1. The smallest absolute Gasteiger partial charge is 0.155 e. The lowest BCUT2D eigenvalue weighted by Gasteiger charge is -2.13. The zero-order valence-electron chi connectivity index (χ0n) is 8.49. The van der Waals surface area contributed by atoms with Gasteiger partial charge in [-0.1, -0.05) is 11.6 Å². The number of hydrogen-bond donors (Lipinski definition) is 0. The van der Waals surface area contributed by atoms with Gasteiger partial charge in [-0.3, -0.25) is 0 Å². The van der Waals surface area contributed by atoms with Gasteiger partial charge in [0.05, 0.1) is 12.7 Å². The van der Waals surface area contributed by atoms with E-state index in [1.807, 2.05) is 6.92 Å². The van der Waals surface area contributed by atoms with Crippen LogP contribution < -0.4 is 4.74 Å². The lowest BCUT2D eigenvalue weighted by atomic mass is 10.4. The summed E-state index contributed by atoms with van der Waals surface area (Å²) in [6.45, 7) is 2.45. The summed E-state index contributed by atoms with van der Waals surface area (Å²) in [6.07, 6.45) is 2.93. The molecule has 0 bridgehead atoms. The number of tetrazole rings is 1. The monoisotopic (exact) mass is 240 g/mol. The average molecular weight is 241 g/mol. The van der Waals surface area contributed by atoms with Crippen LogP contribution in [0.4, 0.5) is 0 Å². The lowest BCUT2D eigenvalue weighted by molar-refractivity contribution is 0.192. The number of hydrogen-bond acceptors (Lipinski definition) is 6. The molecule has 7 nitrogen and oxygen atoms in total. The van der Waals surface area contributed by atoms with Gasteiger partial charge in [0.25, 0.3) is 0 Å². The zero-order valence-corrected chi connectivity index (χ0v) is 9.24. The number of aromatic nitrogens is 6. The zero-order chi connectivity index (χ0) is 11.4. The van der Waals surface area contributed by atoms with E-state index in [1.165, 1.54) is 12.5 Å². The van der Waals surface area contributed by atoms with Crippen LogP contribution in [0.5, 0.6) is 5.75 Å². The summed E-state index contributed by atoms with van der Waals surface area (Å²) < 4.78 is 7.15. The van der Waals surface area contributed by atoms with E-state index in [1.54, 1.807) is 10.7 Å². The van der Waals surface area contributed by atoms with E-state index in [9.17, 15) is 0 Å². The van der Waals surface area contributed by atoms with Crippen LogP contribution in [0.3, 0.4) is 0 Å². The number of ether oxygens (including phenoxy) is 1. The second-order valence-electron chi connectivity index (χ2n) is 3.17. The summed E-state index contributed by atoms with van der Waals surface area (Å²) in [5.41, 5.74) is 0. The Bertz CT molecular complexity index is 448. The fraction of sp³-hybridized carbons (Fsp3) is 0.375. The Morgan fingerprint density at radius 1 is 1.50 bits per heavy atom. The number of halogens is 1. The molecule has 0 aliphatic heterocycles. The van der Waals surface area contributed by atoms with Gasteiger partial charge in [-0.15, -0.1) is 10.2 Å². The molecule has 2 aromatic rings. The van der Waals surface area contributed by atoms with Crippen LogP contribution in [-0.4, -0.2) is 36.5 Å². The molecule has 0 aliphatic rings. The molecule has 0 aromatic carbocycles. The first-order chi connectivity index (χ1) is 7.74. The van der Waals surface area contributed by atoms with Crippen LogP contribution in [0, 0.1) is 0 Å². The van der Waals surface area contributed by atoms with Crippen LogP contribution in [0.25, 0.3) is 0 Å². The van der Waals surface area contributed by atoms with Crippen molar-refractivity contribution in [2.45, 2.75) is 19.6 Å². The van der Waals surface area contributed by atoms with Crippen molar-refractivity contribution in [2.75, 3.05) is 0 Å². The van der Waals surface area contributed by atoms with Crippen molar-refractivity contribution in [3.8, 4) is 5.75 Å². The van der Waals surface area contributed by atoms with Crippen LogP contribution in [-0.2, 0) is 6.54 Å². The van der Waals surface area contributed by atoms with Crippen molar-refractivity contribution in [2.24, 2.45) is 0 Å². The maximum Gasteiger partial charge on any atom is 0.155 e. The third-order valence-corrected chi connectivity index (χ3v) is 1.96. The lowest BCUT2D eigenvalue weighted by Crippen LogP contribution is -2.20. The van der Waals surface area contributed by atoms with E-state index in [4.69, 9.17) is 16.3 Å². The molecule has 0 amide bonds. The highest BCUT2D eigenvalue weighted by Gasteiger charge is 2.07. The Hall–Kier alpha value is -1.76. The summed E-state index contributed by atoms with van der Waals surface area (Å²) in [4.78, 5) is 0. The molecular formula is C8H9ClN6O. The Labute approximate surface area is 96.4 Å². The van der Waals surface area contributed by atoms with Gasteiger partial charge in [0.2, 0.25) is 0 Å². The van der Waals surface area contributed by atoms with Crippen molar-refractivity contribution in [3.63, 3.8) is 0 Å². The topological polar surface area (TPSA) is 78.6 Å². The van der Waals surface area contributed by atoms with E-state index >= 15 is 0 Å². The van der Waals surface area contributed by atoms with Gasteiger partial charge < -0.3 is 4.74 Å². The summed E-state index contributed by atoms with van der Waals surface area (Å²) in [7, 11) is 0. The van der Waals surface area contributed by atoms with Gasteiger partial charge in [0, 0.05) is 6.07 Å². The number of rotatable bonds is 4. The fourth-order valence-electron chi connectivity index (χ4n) is 1.19. The van der Waals surface area contributed by atoms with Crippen LogP contribution in [0.2, 0.25) is 5.15 Å². The van der Waals surface area contributed by atoms with E-state index in [2.05, 4.69) is 25.7 Å². The third-order valence-electron chi connectivity index (χ3n) is 1.77. The van der Waals surface area contributed by atoms with E-state index in [0.29, 0.717) is 17.4 Å². The predicted molar refractivity (Wildman–Crippen MR) is 54.9 cm³/mol. The van der Waals surface area contributed by atoms with Gasteiger partial charge in [0.15, 0.2) is 5.15 Å². The third kappa shape index (κ3) is 2.86. The largest absolute Gasteiger partial charge is 0.487 e. The Balaban J connectivity index is 1.94. The maximum absolute atomic E-state index is 5.68. The predicted octanol–water partition coefficient (Wildman–Crippen LogP) is 0.584. The molecule has 0 fully saturated rings. The van der Waals surface area contributed by atoms with Gasteiger partial charge in [0.1, 0.15) is 18.2 Å². The minimum atomic E-state index is -0.0937. The summed E-state index contributed by atoms with van der Waals surface area (Å²) in [5.74, 6) is 0.570. The Morgan fingerprint density at radius 2 is 2.38 bits per heavy atom. The minimum absolute atomic E-state index is 0.0937. The highest BCUT2D eigenvalue weighted by molar-refractivity contribution is 6.29.